The number of amides is 1. The minimum Gasteiger partial charge on any atom is -0.341 e. The van der Waals surface area contributed by atoms with Gasteiger partial charge in [0.15, 0.2) is 11.6 Å². The van der Waals surface area contributed by atoms with Crippen LogP contribution in [0.4, 0.5) is 8.78 Å². The van der Waals surface area contributed by atoms with Crippen molar-refractivity contribution in [1.82, 2.24) is 9.62 Å². The molecule has 138 valence electrons. The summed E-state index contributed by atoms with van der Waals surface area (Å²) in [6.07, 6.45) is 1.73. The van der Waals surface area contributed by atoms with E-state index in [4.69, 9.17) is 0 Å². The van der Waals surface area contributed by atoms with Crippen LogP contribution in [0, 0.1) is 11.6 Å². The van der Waals surface area contributed by atoms with Crippen molar-refractivity contribution in [3.63, 3.8) is 0 Å². The van der Waals surface area contributed by atoms with E-state index in [9.17, 15) is 22.0 Å². The van der Waals surface area contributed by atoms with E-state index in [0.29, 0.717) is 24.7 Å². The average molecular weight is 380 g/mol. The summed E-state index contributed by atoms with van der Waals surface area (Å²) in [6.45, 7) is 1.13. The van der Waals surface area contributed by atoms with Crippen molar-refractivity contribution in [1.29, 1.82) is 0 Å². The number of carbonyl (C=O) groups excluding carboxylic acids is 1. The zero-order valence-corrected chi connectivity index (χ0v) is 14.7. The van der Waals surface area contributed by atoms with Crippen LogP contribution in [-0.2, 0) is 14.8 Å². The molecule has 2 aromatic carbocycles. The highest BCUT2D eigenvalue weighted by Gasteiger charge is 2.32. The molecule has 1 amide bonds. The van der Waals surface area contributed by atoms with Crippen LogP contribution >= 0.6 is 0 Å². The highest BCUT2D eigenvalue weighted by molar-refractivity contribution is 7.89. The molecule has 0 radical (unpaired) electrons. The largest absolute Gasteiger partial charge is 0.341 e. The van der Waals surface area contributed by atoms with Gasteiger partial charge in [-0.25, -0.2) is 17.2 Å². The highest BCUT2D eigenvalue weighted by Crippen LogP contribution is 2.22. The minimum atomic E-state index is -4.23. The van der Waals surface area contributed by atoms with Crippen molar-refractivity contribution in [3.05, 3.63) is 65.7 Å². The number of halogens is 2. The molecule has 1 aliphatic heterocycles. The van der Waals surface area contributed by atoms with Crippen LogP contribution in [0.1, 0.15) is 24.4 Å². The van der Waals surface area contributed by atoms with Gasteiger partial charge in [0.05, 0.1) is 4.90 Å². The van der Waals surface area contributed by atoms with Gasteiger partial charge in [-0.2, -0.15) is 4.72 Å². The predicted octanol–water partition coefficient (Wildman–Crippen LogP) is 2.61. The Kier molecular flexibility index (Phi) is 5.33. The van der Waals surface area contributed by atoms with Crippen molar-refractivity contribution in [2.75, 3.05) is 13.1 Å². The maximum absolute atomic E-state index is 13.4. The lowest BCUT2D eigenvalue weighted by atomic mass is 10.1. The summed E-state index contributed by atoms with van der Waals surface area (Å²) in [7, 11) is -4.23. The zero-order valence-electron chi connectivity index (χ0n) is 13.9. The second-order valence-corrected chi connectivity index (χ2v) is 7.79. The SMILES string of the molecule is O=C(C(NS(=O)(=O)c1ccc(F)c(F)c1)c1ccccc1)N1CCCC1. The monoisotopic (exact) mass is 380 g/mol. The quantitative estimate of drug-likeness (QED) is 0.867. The summed E-state index contributed by atoms with van der Waals surface area (Å²) >= 11 is 0. The fourth-order valence-corrected chi connectivity index (χ4v) is 4.08. The Morgan fingerprint density at radius 2 is 1.65 bits per heavy atom. The maximum atomic E-state index is 13.4. The number of benzene rings is 2. The lowest BCUT2D eigenvalue weighted by molar-refractivity contribution is -0.132. The van der Waals surface area contributed by atoms with Gasteiger partial charge in [-0.3, -0.25) is 4.79 Å². The first-order valence-electron chi connectivity index (χ1n) is 8.19. The molecule has 1 saturated heterocycles. The van der Waals surface area contributed by atoms with Gasteiger partial charge in [0.2, 0.25) is 15.9 Å². The van der Waals surface area contributed by atoms with Gasteiger partial charge in [-0.05, 0) is 36.6 Å². The number of nitrogens with one attached hydrogen (secondary N) is 1. The molecule has 1 unspecified atom stereocenters. The summed E-state index contributed by atoms with van der Waals surface area (Å²) in [6, 6.07) is 9.61. The van der Waals surface area contributed by atoms with Gasteiger partial charge in [0, 0.05) is 13.1 Å². The van der Waals surface area contributed by atoms with Crippen LogP contribution < -0.4 is 4.72 Å². The average Bonchev–Trinajstić information content (AvgIpc) is 3.17. The third kappa shape index (κ3) is 3.91. The van der Waals surface area contributed by atoms with E-state index < -0.39 is 32.6 Å². The molecule has 0 aliphatic carbocycles. The van der Waals surface area contributed by atoms with Crippen LogP contribution in [0.3, 0.4) is 0 Å². The molecule has 8 heteroatoms. The molecule has 0 spiro atoms. The summed E-state index contributed by atoms with van der Waals surface area (Å²) in [5.41, 5.74) is 0.482. The fraction of sp³-hybridized carbons (Fsp3) is 0.278. The standard InChI is InChI=1S/C18H18F2N2O3S/c19-15-9-8-14(12-16(15)20)26(24,25)21-17(13-6-2-1-3-7-13)18(23)22-10-4-5-11-22/h1-3,6-9,12,17,21H,4-5,10-11H2. The van der Waals surface area contributed by atoms with Gasteiger partial charge in [-0.15, -0.1) is 0 Å². The Morgan fingerprint density at radius 1 is 1.00 bits per heavy atom. The van der Waals surface area contributed by atoms with Crippen molar-refractivity contribution in [2.24, 2.45) is 0 Å². The van der Waals surface area contributed by atoms with E-state index in [-0.39, 0.29) is 5.91 Å². The lowest BCUT2D eigenvalue weighted by Crippen LogP contribution is -2.41. The molecule has 1 heterocycles. The topological polar surface area (TPSA) is 66.5 Å². The molecule has 1 aliphatic rings. The second kappa shape index (κ2) is 7.51. The fourth-order valence-electron chi connectivity index (χ4n) is 2.89. The first-order valence-corrected chi connectivity index (χ1v) is 9.68. The molecule has 0 saturated carbocycles. The van der Waals surface area contributed by atoms with Crippen molar-refractivity contribution in [2.45, 2.75) is 23.8 Å². The number of sulfonamides is 1. The molecule has 1 N–H and O–H groups in total. The number of rotatable bonds is 5. The third-order valence-corrected chi connectivity index (χ3v) is 5.69. The molecule has 5 nitrogen and oxygen atoms in total. The molecule has 2 aromatic rings. The summed E-state index contributed by atoms with van der Waals surface area (Å²) in [5.74, 6) is -2.77. The van der Waals surface area contributed by atoms with E-state index in [2.05, 4.69) is 4.72 Å². The zero-order chi connectivity index (χ0) is 18.7. The minimum absolute atomic E-state index is 0.361. The van der Waals surface area contributed by atoms with Crippen LogP contribution in [0.15, 0.2) is 53.4 Å². The highest BCUT2D eigenvalue weighted by atomic mass is 32.2. The van der Waals surface area contributed by atoms with E-state index >= 15 is 0 Å². The van der Waals surface area contributed by atoms with Crippen LogP contribution in [-0.4, -0.2) is 32.3 Å². The smallest absolute Gasteiger partial charge is 0.245 e. The molecular weight excluding hydrogens is 362 g/mol. The number of hydrogen-bond donors (Lipinski definition) is 1. The van der Waals surface area contributed by atoms with Gasteiger partial charge in [0.1, 0.15) is 6.04 Å². The second-order valence-electron chi connectivity index (χ2n) is 6.07. The molecule has 1 fully saturated rings. The van der Waals surface area contributed by atoms with Crippen LogP contribution in [0.2, 0.25) is 0 Å². The Hall–Kier alpha value is -2.32. The summed E-state index contributed by atoms with van der Waals surface area (Å²) < 4.78 is 54.1. The first kappa shape index (κ1) is 18.5. The Balaban J connectivity index is 1.94. The molecule has 1 atom stereocenters. The van der Waals surface area contributed by atoms with E-state index in [1.807, 2.05) is 0 Å². The summed E-state index contributed by atoms with van der Waals surface area (Å²) in [4.78, 5) is 14.0. The van der Waals surface area contributed by atoms with Gasteiger partial charge >= 0.3 is 0 Å². The number of likely N-dealkylation sites (tertiary alicyclic amines) is 1. The van der Waals surface area contributed by atoms with Gasteiger partial charge in [-0.1, -0.05) is 30.3 Å². The normalized spacial score (nSPS) is 15.8. The maximum Gasteiger partial charge on any atom is 0.245 e. The van der Waals surface area contributed by atoms with Crippen molar-refractivity contribution >= 4 is 15.9 Å². The summed E-state index contributed by atoms with van der Waals surface area (Å²) in [5, 5.41) is 0. The number of carbonyl (C=O) groups is 1. The first-order chi connectivity index (χ1) is 12.4. The van der Waals surface area contributed by atoms with Gasteiger partial charge < -0.3 is 4.90 Å². The lowest BCUT2D eigenvalue weighted by Gasteiger charge is -2.24. The van der Waals surface area contributed by atoms with E-state index in [1.54, 1.807) is 35.2 Å². The predicted molar refractivity (Wildman–Crippen MR) is 91.7 cm³/mol. The number of hydrogen-bond acceptors (Lipinski definition) is 3. The van der Waals surface area contributed by atoms with E-state index in [1.165, 1.54) is 0 Å². The van der Waals surface area contributed by atoms with Gasteiger partial charge in [0.25, 0.3) is 0 Å². The van der Waals surface area contributed by atoms with E-state index in [0.717, 1.165) is 25.0 Å². The Bertz CT molecular complexity index is 898. The Morgan fingerprint density at radius 3 is 2.27 bits per heavy atom. The molecule has 0 bridgehead atoms. The van der Waals surface area contributed by atoms with Crippen LogP contribution in [0.25, 0.3) is 0 Å². The van der Waals surface area contributed by atoms with Crippen molar-refractivity contribution < 1.29 is 22.0 Å². The van der Waals surface area contributed by atoms with Crippen LogP contribution in [0.5, 0.6) is 0 Å². The molecular formula is C18H18F2N2O3S. The Labute approximate surface area is 150 Å². The number of nitrogens with zero attached hydrogens (tertiary/aromatic N) is 1. The molecule has 3 rings (SSSR count). The third-order valence-electron chi connectivity index (χ3n) is 4.27. The molecule has 26 heavy (non-hydrogen) atoms. The molecule has 0 aromatic heterocycles. The van der Waals surface area contributed by atoms with Crippen molar-refractivity contribution in [3.8, 4) is 0 Å².